The van der Waals surface area contributed by atoms with Crippen molar-refractivity contribution in [1.29, 1.82) is 0 Å². The van der Waals surface area contributed by atoms with E-state index in [1.54, 1.807) is 0 Å². The molecule has 2 atom stereocenters. The quantitative estimate of drug-likeness (QED) is 0.623. The summed E-state index contributed by atoms with van der Waals surface area (Å²) in [4.78, 5) is 35.2. The molecule has 0 saturated heterocycles. The maximum Gasteiger partial charge on any atom is 0.308 e. The summed E-state index contributed by atoms with van der Waals surface area (Å²) in [6.45, 7) is 2.24. The standard InChI is InChI=1S/C21H28N2O5/c1-21(11-3-2-5-16(21)20(26)27)23-19(25)6-4-12-28-15-8-9-17-14(13-15)7-10-18(24)22-17/h8-9,13,16H,2-7,10-12H2,1H3,(H,22,24)(H,23,25)(H,26,27). The first-order valence-electron chi connectivity index (χ1n) is 9.97. The molecule has 0 radical (unpaired) electrons. The number of rotatable bonds is 7. The van der Waals surface area contributed by atoms with Gasteiger partial charge in [-0.05, 0) is 56.4 Å². The van der Waals surface area contributed by atoms with Crippen molar-refractivity contribution >= 4 is 23.5 Å². The molecule has 28 heavy (non-hydrogen) atoms. The fourth-order valence-corrected chi connectivity index (χ4v) is 4.13. The van der Waals surface area contributed by atoms with Crippen LogP contribution in [0.1, 0.15) is 57.4 Å². The van der Waals surface area contributed by atoms with Gasteiger partial charge in [-0.2, -0.15) is 0 Å². The van der Waals surface area contributed by atoms with Crippen LogP contribution in [0.5, 0.6) is 5.75 Å². The van der Waals surface area contributed by atoms with Crippen LogP contribution in [-0.4, -0.2) is 35.0 Å². The normalized spacial score (nSPS) is 24.0. The Balaban J connectivity index is 1.44. The van der Waals surface area contributed by atoms with E-state index in [2.05, 4.69) is 10.6 Å². The largest absolute Gasteiger partial charge is 0.494 e. The van der Waals surface area contributed by atoms with E-state index in [-0.39, 0.29) is 11.8 Å². The topological polar surface area (TPSA) is 105 Å². The predicted molar refractivity (Wildman–Crippen MR) is 104 cm³/mol. The Morgan fingerprint density at radius 1 is 1.32 bits per heavy atom. The summed E-state index contributed by atoms with van der Waals surface area (Å²) in [6, 6.07) is 5.57. The highest BCUT2D eigenvalue weighted by molar-refractivity contribution is 5.94. The number of carbonyl (C=O) groups excluding carboxylic acids is 2. The second-order valence-corrected chi connectivity index (χ2v) is 7.92. The van der Waals surface area contributed by atoms with E-state index in [0.29, 0.717) is 45.1 Å². The number of hydrogen-bond donors (Lipinski definition) is 3. The van der Waals surface area contributed by atoms with Crippen molar-refractivity contribution in [1.82, 2.24) is 5.32 Å². The third kappa shape index (κ3) is 4.82. The first kappa shape index (κ1) is 20.2. The van der Waals surface area contributed by atoms with Gasteiger partial charge in [0.25, 0.3) is 0 Å². The van der Waals surface area contributed by atoms with Gasteiger partial charge in [-0.15, -0.1) is 0 Å². The highest BCUT2D eigenvalue weighted by Gasteiger charge is 2.41. The van der Waals surface area contributed by atoms with Gasteiger partial charge in [0, 0.05) is 18.5 Å². The van der Waals surface area contributed by atoms with E-state index in [4.69, 9.17) is 4.74 Å². The SMILES string of the molecule is CC1(NC(=O)CCCOc2ccc3c(c2)CCC(=O)N3)CCCCC1C(=O)O. The minimum atomic E-state index is -0.838. The van der Waals surface area contributed by atoms with Gasteiger partial charge in [-0.1, -0.05) is 12.8 Å². The van der Waals surface area contributed by atoms with Crippen molar-refractivity contribution in [3.63, 3.8) is 0 Å². The lowest BCUT2D eigenvalue weighted by molar-refractivity contribution is -0.146. The van der Waals surface area contributed by atoms with Crippen molar-refractivity contribution < 1.29 is 24.2 Å². The second kappa shape index (κ2) is 8.63. The van der Waals surface area contributed by atoms with Gasteiger partial charge in [-0.25, -0.2) is 0 Å². The average molecular weight is 388 g/mol. The summed E-state index contributed by atoms with van der Waals surface area (Å²) < 4.78 is 5.74. The Bertz CT molecular complexity index is 763. The Labute approximate surface area is 164 Å². The number of benzene rings is 1. The summed E-state index contributed by atoms with van der Waals surface area (Å²) in [5, 5.41) is 15.2. The lowest BCUT2D eigenvalue weighted by atomic mass is 9.74. The Morgan fingerprint density at radius 2 is 2.14 bits per heavy atom. The molecule has 1 aromatic carbocycles. The third-order valence-electron chi connectivity index (χ3n) is 5.72. The molecule has 3 N–H and O–H groups in total. The van der Waals surface area contributed by atoms with Crippen LogP contribution in [0.3, 0.4) is 0 Å². The van der Waals surface area contributed by atoms with Crippen molar-refractivity contribution in [2.24, 2.45) is 5.92 Å². The van der Waals surface area contributed by atoms with Gasteiger partial charge in [0.1, 0.15) is 5.75 Å². The number of carboxylic acid groups (broad SMARTS) is 1. The number of ether oxygens (including phenoxy) is 1. The van der Waals surface area contributed by atoms with Crippen molar-refractivity contribution in [3.8, 4) is 5.75 Å². The molecular weight excluding hydrogens is 360 g/mol. The highest BCUT2D eigenvalue weighted by Crippen LogP contribution is 2.34. The van der Waals surface area contributed by atoms with E-state index in [1.165, 1.54) is 0 Å². The predicted octanol–water partition coefficient (Wildman–Crippen LogP) is 2.88. The van der Waals surface area contributed by atoms with Crippen LogP contribution in [0, 0.1) is 5.92 Å². The number of aliphatic carboxylic acids is 1. The molecule has 152 valence electrons. The maximum atomic E-state index is 12.3. The smallest absolute Gasteiger partial charge is 0.308 e. The van der Waals surface area contributed by atoms with Crippen molar-refractivity contribution in [3.05, 3.63) is 23.8 Å². The molecule has 1 saturated carbocycles. The first-order valence-corrected chi connectivity index (χ1v) is 9.97. The minimum absolute atomic E-state index is 0.0315. The molecule has 7 heteroatoms. The number of hydrogen-bond acceptors (Lipinski definition) is 4. The number of nitrogens with one attached hydrogen (secondary N) is 2. The molecule has 1 aromatic rings. The minimum Gasteiger partial charge on any atom is -0.494 e. The highest BCUT2D eigenvalue weighted by atomic mass is 16.5. The van der Waals surface area contributed by atoms with Crippen LogP contribution in [0.4, 0.5) is 5.69 Å². The third-order valence-corrected chi connectivity index (χ3v) is 5.72. The lowest BCUT2D eigenvalue weighted by Gasteiger charge is -2.39. The van der Waals surface area contributed by atoms with Gasteiger partial charge in [0.2, 0.25) is 11.8 Å². The molecule has 0 bridgehead atoms. The van der Waals surface area contributed by atoms with Gasteiger partial charge in [0.15, 0.2) is 0 Å². The van der Waals surface area contributed by atoms with Crippen molar-refractivity contribution in [2.45, 2.75) is 63.8 Å². The molecule has 3 rings (SSSR count). The van der Waals surface area contributed by atoms with E-state index < -0.39 is 17.4 Å². The molecule has 0 spiro atoms. The molecule has 7 nitrogen and oxygen atoms in total. The fraction of sp³-hybridized carbons (Fsp3) is 0.571. The molecular formula is C21H28N2O5. The van der Waals surface area contributed by atoms with Crippen LogP contribution >= 0.6 is 0 Å². The second-order valence-electron chi connectivity index (χ2n) is 7.92. The molecule has 2 aliphatic rings. The summed E-state index contributed by atoms with van der Waals surface area (Å²) in [5.41, 5.74) is 1.21. The summed E-state index contributed by atoms with van der Waals surface area (Å²) in [5.74, 6) is -0.747. The Morgan fingerprint density at radius 3 is 2.93 bits per heavy atom. The molecule has 1 aliphatic heterocycles. The molecule has 0 aromatic heterocycles. The summed E-state index contributed by atoms with van der Waals surface area (Å²) in [7, 11) is 0. The van der Waals surface area contributed by atoms with Crippen LogP contribution in [0.15, 0.2) is 18.2 Å². The molecule has 1 heterocycles. The zero-order chi connectivity index (χ0) is 20.1. The molecule has 2 unspecified atom stereocenters. The molecule has 1 aliphatic carbocycles. The van der Waals surface area contributed by atoms with E-state index in [1.807, 2.05) is 25.1 Å². The van der Waals surface area contributed by atoms with Crippen LogP contribution < -0.4 is 15.4 Å². The lowest BCUT2D eigenvalue weighted by Crippen LogP contribution is -2.55. The number of anilines is 1. The summed E-state index contributed by atoms with van der Waals surface area (Å²) >= 11 is 0. The number of carbonyl (C=O) groups is 3. The molecule has 1 fully saturated rings. The average Bonchev–Trinajstić information content (AvgIpc) is 2.65. The van der Waals surface area contributed by atoms with Gasteiger partial charge < -0.3 is 20.5 Å². The zero-order valence-corrected chi connectivity index (χ0v) is 16.3. The van der Waals surface area contributed by atoms with Crippen LogP contribution in [-0.2, 0) is 20.8 Å². The van der Waals surface area contributed by atoms with Gasteiger partial charge in [-0.3, -0.25) is 14.4 Å². The Hall–Kier alpha value is -2.57. The maximum absolute atomic E-state index is 12.3. The van der Waals surface area contributed by atoms with Crippen LogP contribution in [0.25, 0.3) is 0 Å². The van der Waals surface area contributed by atoms with Gasteiger partial charge >= 0.3 is 5.97 Å². The number of aryl methyl sites for hydroxylation is 1. The van der Waals surface area contributed by atoms with E-state index in [9.17, 15) is 19.5 Å². The fourth-order valence-electron chi connectivity index (χ4n) is 4.13. The monoisotopic (exact) mass is 388 g/mol. The molecule has 2 amide bonds. The van der Waals surface area contributed by atoms with Crippen molar-refractivity contribution in [2.75, 3.05) is 11.9 Å². The number of amides is 2. The van der Waals surface area contributed by atoms with E-state index in [0.717, 1.165) is 29.8 Å². The summed E-state index contributed by atoms with van der Waals surface area (Å²) in [6.07, 6.45) is 5.14. The van der Waals surface area contributed by atoms with E-state index >= 15 is 0 Å². The zero-order valence-electron chi connectivity index (χ0n) is 16.3. The number of carboxylic acids is 1. The first-order chi connectivity index (χ1) is 13.4. The number of fused-ring (bicyclic) bond motifs is 1. The van der Waals surface area contributed by atoms with Crippen LogP contribution in [0.2, 0.25) is 0 Å². The van der Waals surface area contributed by atoms with Gasteiger partial charge in [0.05, 0.1) is 18.1 Å². The Kier molecular flexibility index (Phi) is 6.21.